The summed E-state index contributed by atoms with van der Waals surface area (Å²) in [5.41, 5.74) is 3.16. The first-order chi connectivity index (χ1) is 11.5. The van der Waals surface area contributed by atoms with Crippen molar-refractivity contribution in [1.82, 2.24) is 5.43 Å². The highest BCUT2D eigenvalue weighted by molar-refractivity contribution is 9.11. The van der Waals surface area contributed by atoms with E-state index >= 15 is 0 Å². The molecule has 0 saturated carbocycles. The molecule has 0 aliphatic carbocycles. The van der Waals surface area contributed by atoms with E-state index < -0.39 is 5.91 Å². The zero-order valence-corrected chi connectivity index (χ0v) is 16.5. The topological polar surface area (TPSA) is 59.9 Å². The second-order valence-corrected chi connectivity index (χ2v) is 6.76. The van der Waals surface area contributed by atoms with Crippen LogP contribution in [-0.4, -0.2) is 25.8 Å². The van der Waals surface area contributed by atoms with Crippen molar-refractivity contribution in [2.45, 2.75) is 0 Å². The number of halogens is 3. The van der Waals surface area contributed by atoms with Gasteiger partial charge >= 0.3 is 0 Å². The van der Waals surface area contributed by atoms with Crippen LogP contribution in [0.1, 0.15) is 5.56 Å². The van der Waals surface area contributed by atoms with Gasteiger partial charge in [0.15, 0.2) is 18.1 Å². The number of amides is 1. The molecule has 126 valence electrons. The lowest BCUT2D eigenvalue weighted by Crippen LogP contribution is -2.24. The number of hydrazone groups is 1. The van der Waals surface area contributed by atoms with Gasteiger partial charge in [0.2, 0.25) is 0 Å². The maximum absolute atomic E-state index is 11.8. The molecule has 2 aromatic rings. The molecule has 0 heterocycles. The molecule has 0 spiro atoms. The lowest BCUT2D eigenvalue weighted by molar-refractivity contribution is -0.123. The van der Waals surface area contributed by atoms with Crippen molar-refractivity contribution in [1.29, 1.82) is 0 Å². The van der Waals surface area contributed by atoms with E-state index in [4.69, 9.17) is 21.1 Å². The Balaban J connectivity index is 1.92. The van der Waals surface area contributed by atoms with Crippen molar-refractivity contribution in [3.8, 4) is 11.5 Å². The SMILES string of the molecule is COc1cc(Br)cc(Br)c1OCC(=O)N/N=C/c1cccc(Cl)c1. The van der Waals surface area contributed by atoms with E-state index in [1.54, 1.807) is 30.3 Å². The van der Waals surface area contributed by atoms with E-state index in [0.29, 0.717) is 21.0 Å². The molecule has 2 aromatic carbocycles. The largest absolute Gasteiger partial charge is 0.493 e. The first kappa shape index (κ1) is 18.8. The number of rotatable bonds is 6. The Morgan fingerprint density at radius 3 is 2.83 bits per heavy atom. The molecule has 2 rings (SSSR count). The highest BCUT2D eigenvalue weighted by Gasteiger charge is 2.12. The van der Waals surface area contributed by atoms with Crippen molar-refractivity contribution in [3.63, 3.8) is 0 Å². The molecule has 8 heteroatoms. The number of ether oxygens (including phenoxy) is 2. The lowest BCUT2D eigenvalue weighted by atomic mass is 10.2. The van der Waals surface area contributed by atoms with E-state index in [9.17, 15) is 4.79 Å². The number of carbonyl (C=O) groups is 1. The molecule has 0 saturated heterocycles. The Labute approximate surface area is 161 Å². The monoisotopic (exact) mass is 474 g/mol. The molecule has 0 fully saturated rings. The molecular weight excluding hydrogens is 463 g/mol. The Morgan fingerprint density at radius 2 is 2.12 bits per heavy atom. The van der Waals surface area contributed by atoms with Gasteiger partial charge in [-0.25, -0.2) is 5.43 Å². The van der Waals surface area contributed by atoms with Crippen LogP contribution in [-0.2, 0) is 4.79 Å². The minimum absolute atomic E-state index is 0.205. The van der Waals surface area contributed by atoms with Gasteiger partial charge in [0.1, 0.15) is 0 Å². The van der Waals surface area contributed by atoms with Crippen LogP contribution < -0.4 is 14.9 Å². The van der Waals surface area contributed by atoms with Gasteiger partial charge in [-0.2, -0.15) is 5.10 Å². The second-order valence-electron chi connectivity index (χ2n) is 4.56. The highest BCUT2D eigenvalue weighted by Crippen LogP contribution is 2.38. The molecule has 0 unspecified atom stereocenters. The molecule has 0 aliphatic heterocycles. The third kappa shape index (κ3) is 5.51. The van der Waals surface area contributed by atoms with E-state index in [1.807, 2.05) is 6.07 Å². The van der Waals surface area contributed by atoms with Crippen LogP contribution in [0.5, 0.6) is 11.5 Å². The number of benzene rings is 2. The van der Waals surface area contributed by atoms with Gasteiger partial charge in [0, 0.05) is 9.50 Å². The summed E-state index contributed by atoms with van der Waals surface area (Å²) in [7, 11) is 1.52. The normalized spacial score (nSPS) is 10.7. The highest BCUT2D eigenvalue weighted by atomic mass is 79.9. The van der Waals surface area contributed by atoms with Crippen LogP contribution in [0.3, 0.4) is 0 Å². The molecule has 0 aliphatic rings. The molecule has 1 N–H and O–H groups in total. The minimum Gasteiger partial charge on any atom is -0.493 e. The van der Waals surface area contributed by atoms with Crippen molar-refractivity contribution >= 4 is 55.6 Å². The first-order valence-corrected chi connectivity index (χ1v) is 8.69. The van der Waals surface area contributed by atoms with Crippen LogP contribution in [0.25, 0.3) is 0 Å². The Bertz CT molecular complexity index is 769. The zero-order chi connectivity index (χ0) is 17.5. The number of hydrogen-bond donors (Lipinski definition) is 1. The average molecular weight is 477 g/mol. The van der Waals surface area contributed by atoms with Gasteiger partial charge in [-0.3, -0.25) is 4.79 Å². The van der Waals surface area contributed by atoms with Gasteiger partial charge in [-0.1, -0.05) is 39.7 Å². The van der Waals surface area contributed by atoms with Crippen LogP contribution >= 0.6 is 43.5 Å². The summed E-state index contributed by atoms with van der Waals surface area (Å²) in [5, 5.41) is 4.46. The molecule has 24 heavy (non-hydrogen) atoms. The summed E-state index contributed by atoms with van der Waals surface area (Å²) in [4.78, 5) is 11.8. The predicted molar refractivity (Wildman–Crippen MR) is 101 cm³/mol. The fraction of sp³-hybridized carbons (Fsp3) is 0.125. The second kappa shape index (κ2) is 9.05. The van der Waals surface area contributed by atoms with Crippen molar-refractivity contribution in [3.05, 3.63) is 55.9 Å². The average Bonchev–Trinajstić information content (AvgIpc) is 2.53. The lowest BCUT2D eigenvalue weighted by Gasteiger charge is -2.12. The van der Waals surface area contributed by atoms with E-state index in [1.165, 1.54) is 13.3 Å². The molecule has 0 bridgehead atoms. The minimum atomic E-state index is -0.398. The molecule has 0 aromatic heterocycles. The van der Waals surface area contributed by atoms with Gasteiger partial charge in [0.25, 0.3) is 5.91 Å². The number of carbonyl (C=O) groups excluding carboxylic acids is 1. The Morgan fingerprint density at radius 1 is 1.33 bits per heavy atom. The van der Waals surface area contributed by atoms with Gasteiger partial charge < -0.3 is 9.47 Å². The van der Waals surface area contributed by atoms with Crippen LogP contribution in [0.15, 0.2) is 50.4 Å². The Kier molecular flexibility index (Phi) is 7.08. The number of hydrogen-bond acceptors (Lipinski definition) is 4. The van der Waals surface area contributed by atoms with Crippen LogP contribution in [0.2, 0.25) is 5.02 Å². The van der Waals surface area contributed by atoms with Gasteiger partial charge in [-0.15, -0.1) is 0 Å². The van der Waals surface area contributed by atoms with Crippen molar-refractivity contribution < 1.29 is 14.3 Å². The molecule has 0 radical (unpaired) electrons. The molecule has 0 atom stereocenters. The van der Waals surface area contributed by atoms with E-state index in [2.05, 4.69) is 42.4 Å². The third-order valence-electron chi connectivity index (χ3n) is 2.79. The third-order valence-corrected chi connectivity index (χ3v) is 4.08. The quantitative estimate of drug-likeness (QED) is 0.497. The first-order valence-electron chi connectivity index (χ1n) is 6.73. The fourth-order valence-electron chi connectivity index (χ4n) is 1.76. The van der Waals surface area contributed by atoms with Crippen molar-refractivity contribution in [2.75, 3.05) is 13.7 Å². The summed E-state index contributed by atoms with van der Waals surface area (Å²) < 4.78 is 12.2. The van der Waals surface area contributed by atoms with E-state index in [-0.39, 0.29) is 6.61 Å². The van der Waals surface area contributed by atoms with Crippen molar-refractivity contribution in [2.24, 2.45) is 5.10 Å². The zero-order valence-electron chi connectivity index (χ0n) is 12.6. The summed E-state index contributed by atoms with van der Waals surface area (Å²) >= 11 is 12.6. The van der Waals surface area contributed by atoms with Gasteiger partial charge in [0.05, 0.1) is 17.8 Å². The maximum Gasteiger partial charge on any atom is 0.277 e. The molecule has 1 amide bonds. The smallest absolute Gasteiger partial charge is 0.277 e. The number of methoxy groups -OCH3 is 1. The maximum atomic E-state index is 11.8. The molecular formula is C16H13Br2ClN2O3. The standard InChI is InChI=1S/C16H13Br2ClN2O3/c1-23-14-7-11(17)6-13(18)16(14)24-9-15(22)21-20-8-10-3-2-4-12(19)5-10/h2-8H,9H2,1H3,(H,21,22)/b20-8+. The van der Waals surface area contributed by atoms with Crippen LogP contribution in [0.4, 0.5) is 0 Å². The fourth-order valence-corrected chi connectivity index (χ4v) is 3.26. The van der Waals surface area contributed by atoms with E-state index in [0.717, 1.165) is 10.0 Å². The summed E-state index contributed by atoms with van der Waals surface area (Å²) in [6, 6.07) is 10.7. The number of nitrogens with one attached hydrogen (secondary N) is 1. The molecule has 5 nitrogen and oxygen atoms in total. The number of nitrogens with zero attached hydrogens (tertiary/aromatic N) is 1. The summed E-state index contributed by atoms with van der Waals surface area (Å²) in [6.45, 7) is -0.205. The summed E-state index contributed by atoms with van der Waals surface area (Å²) in [5.74, 6) is 0.547. The predicted octanol–water partition coefficient (Wildman–Crippen LogP) is 4.40. The van der Waals surface area contributed by atoms with Crippen LogP contribution in [0, 0.1) is 0 Å². The summed E-state index contributed by atoms with van der Waals surface area (Å²) in [6.07, 6.45) is 1.50. The van der Waals surface area contributed by atoms with Gasteiger partial charge in [-0.05, 0) is 45.8 Å². The Hall–Kier alpha value is -1.57.